The Kier molecular flexibility index (Phi) is 4.60. The third kappa shape index (κ3) is 3.36. The Morgan fingerprint density at radius 3 is 2.79 bits per heavy atom. The lowest BCUT2D eigenvalue weighted by Crippen LogP contribution is -2.15. The van der Waals surface area contributed by atoms with E-state index in [4.69, 9.17) is 4.42 Å². The molecule has 0 N–H and O–H groups in total. The fraction of sp³-hybridized carbons (Fsp3) is 0.412. The van der Waals surface area contributed by atoms with Crippen LogP contribution in [0.5, 0.6) is 0 Å². The average Bonchev–Trinajstić information content (AvgIpc) is 3.31. The number of nitrogens with zero attached hydrogens (tertiary/aromatic N) is 5. The van der Waals surface area contributed by atoms with E-state index >= 15 is 0 Å². The summed E-state index contributed by atoms with van der Waals surface area (Å²) in [5.74, 6) is 1.35. The number of tetrazole rings is 1. The van der Waals surface area contributed by atoms with Crippen LogP contribution in [0.3, 0.4) is 0 Å². The molecule has 0 spiro atoms. The van der Waals surface area contributed by atoms with E-state index in [0.717, 1.165) is 16.4 Å². The Balaban J connectivity index is 1.43. The maximum atomic E-state index is 5.58. The summed E-state index contributed by atoms with van der Waals surface area (Å²) in [6, 6.07) is 10.4. The van der Waals surface area contributed by atoms with Crippen molar-refractivity contribution in [1.29, 1.82) is 0 Å². The molecule has 0 radical (unpaired) electrons. The normalized spacial score (nSPS) is 15.7. The topological polar surface area (TPSA) is 69.6 Å². The molecule has 2 aromatic heterocycles. The van der Waals surface area contributed by atoms with Gasteiger partial charge in [-0.25, -0.2) is 9.67 Å². The van der Waals surface area contributed by atoms with E-state index in [-0.39, 0.29) is 0 Å². The standard InChI is InChI=1S/C17H19N5OS/c1-3-7-13(8-4-1)16-18-14(11-23-16)12-24-17-19-20-21-22(17)15-9-5-2-6-10-15/h1,3-4,7-8,11,15H,2,5-6,9-10,12H2. The van der Waals surface area contributed by atoms with Crippen molar-refractivity contribution < 1.29 is 4.42 Å². The number of hydrogen-bond donors (Lipinski definition) is 0. The van der Waals surface area contributed by atoms with Gasteiger partial charge in [0.05, 0.1) is 11.7 Å². The van der Waals surface area contributed by atoms with E-state index in [0.29, 0.717) is 17.7 Å². The average molecular weight is 341 g/mol. The molecule has 1 aliphatic rings. The first-order valence-corrected chi connectivity index (χ1v) is 9.29. The lowest BCUT2D eigenvalue weighted by atomic mass is 9.96. The highest BCUT2D eigenvalue weighted by atomic mass is 32.2. The van der Waals surface area contributed by atoms with Crippen LogP contribution in [0.1, 0.15) is 43.8 Å². The van der Waals surface area contributed by atoms with Crippen molar-refractivity contribution in [1.82, 2.24) is 25.2 Å². The molecule has 0 aliphatic heterocycles. The Morgan fingerprint density at radius 1 is 1.12 bits per heavy atom. The van der Waals surface area contributed by atoms with E-state index in [2.05, 4.69) is 20.5 Å². The molecule has 4 rings (SSSR count). The second-order valence-electron chi connectivity index (χ2n) is 6.00. The zero-order valence-corrected chi connectivity index (χ0v) is 14.2. The zero-order valence-electron chi connectivity index (χ0n) is 13.3. The summed E-state index contributed by atoms with van der Waals surface area (Å²) in [6.07, 6.45) is 7.89. The molecule has 24 heavy (non-hydrogen) atoms. The van der Waals surface area contributed by atoms with Gasteiger partial charge in [0, 0.05) is 11.3 Å². The largest absolute Gasteiger partial charge is 0.444 e. The molecule has 2 heterocycles. The molecule has 0 unspecified atom stereocenters. The first-order chi connectivity index (χ1) is 11.9. The van der Waals surface area contributed by atoms with Crippen LogP contribution >= 0.6 is 11.8 Å². The Labute approximate surface area is 144 Å². The molecule has 6 nitrogen and oxygen atoms in total. The van der Waals surface area contributed by atoms with Gasteiger partial charge in [-0.3, -0.25) is 0 Å². The van der Waals surface area contributed by atoms with Crippen molar-refractivity contribution in [2.75, 3.05) is 0 Å². The van der Waals surface area contributed by atoms with Crippen LogP contribution in [0.2, 0.25) is 0 Å². The summed E-state index contributed by atoms with van der Waals surface area (Å²) >= 11 is 1.61. The second-order valence-corrected chi connectivity index (χ2v) is 6.94. The minimum atomic E-state index is 0.438. The summed E-state index contributed by atoms with van der Waals surface area (Å²) < 4.78 is 7.57. The van der Waals surface area contributed by atoms with Crippen molar-refractivity contribution in [3.63, 3.8) is 0 Å². The SMILES string of the molecule is c1ccc(-c2nc(CSc3nnnn3C3CCCCC3)co2)cc1. The van der Waals surface area contributed by atoms with E-state index in [1.165, 1.54) is 32.1 Å². The fourth-order valence-electron chi connectivity index (χ4n) is 3.06. The van der Waals surface area contributed by atoms with Crippen molar-refractivity contribution in [3.8, 4) is 11.5 Å². The van der Waals surface area contributed by atoms with Crippen LogP contribution in [0.4, 0.5) is 0 Å². The van der Waals surface area contributed by atoms with Gasteiger partial charge in [-0.05, 0) is 35.4 Å². The quantitative estimate of drug-likeness (QED) is 0.650. The summed E-state index contributed by atoms with van der Waals surface area (Å²) in [5.41, 5.74) is 1.89. The fourth-order valence-corrected chi connectivity index (χ4v) is 3.88. The van der Waals surface area contributed by atoms with Gasteiger partial charge in [0.25, 0.3) is 0 Å². The molecule has 124 valence electrons. The molecule has 1 aromatic carbocycles. The second kappa shape index (κ2) is 7.17. The van der Waals surface area contributed by atoms with Gasteiger partial charge >= 0.3 is 0 Å². The molecule has 3 aromatic rings. The maximum absolute atomic E-state index is 5.58. The van der Waals surface area contributed by atoms with Crippen molar-refractivity contribution in [2.45, 2.75) is 49.1 Å². The molecule has 0 atom stereocenters. The number of benzene rings is 1. The van der Waals surface area contributed by atoms with E-state index in [1.807, 2.05) is 35.0 Å². The highest BCUT2D eigenvalue weighted by Gasteiger charge is 2.20. The van der Waals surface area contributed by atoms with Crippen LogP contribution in [0, 0.1) is 0 Å². The van der Waals surface area contributed by atoms with Crippen LogP contribution in [-0.4, -0.2) is 25.2 Å². The van der Waals surface area contributed by atoms with Gasteiger partial charge in [-0.15, -0.1) is 5.10 Å². The first kappa shape index (κ1) is 15.4. The van der Waals surface area contributed by atoms with Crippen molar-refractivity contribution in [3.05, 3.63) is 42.3 Å². The minimum absolute atomic E-state index is 0.438. The van der Waals surface area contributed by atoms with Gasteiger partial charge in [-0.2, -0.15) is 0 Å². The van der Waals surface area contributed by atoms with Crippen molar-refractivity contribution >= 4 is 11.8 Å². The summed E-state index contributed by atoms with van der Waals surface area (Å²) in [4.78, 5) is 4.56. The number of thioether (sulfide) groups is 1. The van der Waals surface area contributed by atoms with Crippen molar-refractivity contribution in [2.24, 2.45) is 0 Å². The highest BCUT2D eigenvalue weighted by Crippen LogP contribution is 2.31. The summed E-state index contributed by atoms with van der Waals surface area (Å²) in [7, 11) is 0. The molecule has 0 bridgehead atoms. The number of aromatic nitrogens is 5. The van der Waals surface area contributed by atoms with E-state index in [9.17, 15) is 0 Å². The first-order valence-electron chi connectivity index (χ1n) is 8.30. The Bertz CT molecular complexity index is 779. The Morgan fingerprint density at radius 2 is 1.96 bits per heavy atom. The molecule has 0 amide bonds. The monoisotopic (exact) mass is 341 g/mol. The highest BCUT2D eigenvalue weighted by molar-refractivity contribution is 7.98. The Hall–Kier alpha value is -2.15. The number of rotatable bonds is 5. The van der Waals surface area contributed by atoms with Crippen LogP contribution < -0.4 is 0 Å². The van der Waals surface area contributed by atoms with Crippen LogP contribution in [-0.2, 0) is 5.75 Å². The van der Waals surface area contributed by atoms with Crippen LogP contribution in [0.25, 0.3) is 11.5 Å². The predicted molar refractivity (Wildman–Crippen MR) is 91.4 cm³/mol. The molecule has 0 saturated heterocycles. The van der Waals surface area contributed by atoms with Gasteiger partial charge in [0.2, 0.25) is 11.0 Å². The molecular formula is C17H19N5OS. The molecule has 1 aliphatic carbocycles. The lowest BCUT2D eigenvalue weighted by Gasteiger charge is -2.21. The van der Waals surface area contributed by atoms with Gasteiger partial charge in [0.1, 0.15) is 6.26 Å². The predicted octanol–water partition coefficient (Wildman–Crippen LogP) is 4.13. The van der Waals surface area contributed by atoms with Gasteiger partial charge < -0.3 is 4.42 Å². The molecular weight excluding hydrogens is 322 g/mol. The zero-order chi connectivity index (χ0) is 16.2. The van der Waals surface area contributed by atoms with E-state index < -0.39 is 0 Å². The minimum Gasteiger partial charge on any atom is -0.444 e. The summed E-state index contributed by atoms with van der Waals surface area (Å²) in [5, 5.41) is 13.1. The van der Waals surface area contributed by atoms with E-state index in [1.54, 1.807) is 18.0 Å². The molecule has 1 fully saturated rings. The van der Waals surface area contributed by atoms with Gasteiger partial charge in [-0.1, -0.05) is 49.2 Å². The number of oxazole rings is 1. The third-order valence-corrected chi connectivity index (χ3v) is 5.27. The third-order valence-electron chi connectivity index (χ3n) is 4.30. The molecule has 1 saturated carbocycles. The molecule has 7 heteroatoms. The van der Waals surface area contributed by atoms with Gasteiger partial charge in [0.15, 0.2) is 0 Å². The lowest BCUT2D eigenvalue weighted by molar-refractivity contribution is 0.307. The smallest absolute Gasteiger partial charge is 0.226 e. The summed E-state index contributed by atoms with van der Waals surface area (Å²) in [6.45, 7) is 0. The number of hydrogen-bond acceptors (Lipinski definition) is 6. The van der Waals surface area contributed by atoms with Crippen LogP contribution in [0.15, 0.2) is 46.2 Å². The maximum Gasteiger partial charge on any atom is 0.226 e.